The lowest BCUT2D eigenvalue weighted by atomic mass is 9.89. The zero-order chi connectivity index (χ0) is 68.8. The van der Waals surface area contributed by atoms with Gasteiger partial charge in [0, 0.05) is 46.1 Å². The van der Waals surface area contributed by atoms with E-state index in [1.54, 1.807) is 77.8 Å². The van der Waals surface area contributed by atoms with E-state index in [-0.39, 0.29) is 41.2 Å². The highest BCUT2D eigenvalue weighted by molar-refractivity contribution is 5.96. The molecule has 0 bridgehead atoms. The van der Waals surface area contributed by atoms with Crippen LogP contribution in [-0.2, 0) is 73.5 Å². The van der Waals surface area contributed by atoms with E-state index < -0.39 is 177 Å². The molecule has 2 aromatic carbocycles. The number of amides is 9. The quantitative estimate of drug-likeness (QED) is 0.0375. The van der Waals surface area contributed by atoms with Crippen molar-refractivity contribution in [3.05, 3.63) is 59.7 Å². The number of hydrogen-bond acceptors (Lipinski definition) is 21. The van der Waals surface area contributed by atoms with Crippen molar-refractivity contribution in [2.45, 2.75) is 167 Å². The zero-order valence-electron chi connectivity index (χ0n) is 54.2. The topological polar surface area (TPSA) is 435 Å². The van der Waals surface area contributed by atoms with E-state index in [2.05, 4.69) is 36.7 Å². The zero-order valence-corrected chi connectivity index (χ0v) is 54.2. The van der Waals surface area contributed by atoms with Crippen LogP contribution in [0.4, 0.5) is 10.5 Å². The van der Waals surface area contributed by atoms with Crippen molar-refractivity contribution >= 4 is 65.0 Å². The maximum Gasteiger partial charge on any atom is 0.410 e. The predicted molar refractivity (Wildman–Crippen MR) is 328 cm³/mol. The summed E-state index contributed by atoms with van der Waals surface area (Å²) in [5.41, 5.74) is 0.580. The smallest absolute Gasteiger partial charge is 0.410 e. The van der Waals surface area contributed by atoms with Gasteiger partial charge in [0.05, 0.1) is 68.4 Å². The summed E-state index contributed by atoms with van der Waals surface area (Å²) in [6.45, 7) is 11.5. The van der Waals surface area contributed by atoms with Crippen LogP contribution in [0.25, 0.3) is 0 Å². The fourth-order valence-corrected chi connectivity index (χ4v) is 11.1. The third-order valence-corrected chi connectivity index (χ3v) is 16.4. The van der Waals surface area contributed by atoms with Gasteiger partial charge >= 0.3 is 12.1 Å². The molecule has 31 nitrogen and oxygen atoms in total. The summed E-state index contributed by atoms with van der Waals surface area (Å²) < 4.78 is 28.8. The highest BCUT2D eigenvalue weighted by Crippen LogP contribution is 2.32. The molecule has 2 heterocycles. The average Bonchev–Trinajstić information content (AvgIpc) is 1.02. The van der Waals surface area contributed by atoms with Crippen molar-refractivity contribution in [2.24, 2.45) is 29.6 Å². The van der Waals surface area contributed by atoms with Crippen LogP contribution >= 0.6 is 0 Å². The number of likely N-dealkylation sites (tertiary alicyclic amines) is 1. The molecule has 2 fully saturated rings. The largest absolute Gasteiger partial charge is 0.479 e. The normalized spacial score (nSPS) is 21.0. The third-order valence-electron chi connectivity index (χ3n) is 16.4. The molecule has 9 amide bonds. The van der Waals surface area contributed by atoms with Gasteiger partial charge in [-0.15, -0.1) is 0 Å². The number of ether oxygens (including phenoxy) is 5. The van der Waals surface area contributed by atoms with Crippen molar-refractivity contribution in [1.29, 1.82) is 0 Å². The van der Waals surface area contributed by atoms with E-state index in [1.165, 1.54) is 44.4 Å². The summed E-state index contributed by atoms with van der Waals surface area (Å²) in [4.78, 5) is 141. The van der Waals surface area contributed by atoms with Crippen molar-refractivity contribution in [3.8, 4) is 5.75 Å². The Labute approximate surface area is 534 Å². The van der Waals surface area contributed by atoms with E-state index in [1.807, 2.05) is 19.9 Å². The molecule has 0 aromatic heterocycles. The minimum Gasteiger partial charge on any atom is -0.479 e. The standard InChI is InChI=1S/C61H94N10O21/c1-13-33(6)49(41(87-11)25-46(76)71-23-17-20-39(71)54(88-12)34(7)56(81)66-35(8)50(77)36-18-15-14-16-19-36)69(9)58(83)47(31(2)3)68-57(82)48(32(4)5)70(10)61(86)89-29-37-24-38(21-22-40(37)91-60-53(80)51(78)52(79)55(92-60)59(84)85)67-44(74)28-64-42(72)26-63-43(73)27-65-45(75)30-90-62/h14-16,18-19,21-22,24,31-35,39,41,47-55,60,77-80H,13,17,20,23,25-30,62H2,1-12H3,(H,63,73)(H,64,72)(H,65,75)(H,66,81)(H,67,74)(H,68,82)(H,84,85)/t33-,34+,35+,39-,41+,47-,48-,49-,50+,51?,52?,53?,54+,55?,60?/m0/s1. The molecule has 5 unspecified atom stereocenters. The molecule has 0 radical (unpaired) electrons. The number of aliphatic hydroxyl groups excluding tert-OH is 4. The third kappa shape index (κ3) is 21.2. The first-order valence-corrected chi connectivity index (χ1v) is 30.4. The summed E-state index contributed by atoms with van der Waals surface area (Å²) >= 11 is 0. The average molecular weight is 1300 g/mol. The van der Waals surface area contributed by atoms with E-state index in [9.17, 15) is 73.5 Å². The lowest BCUT2D eigenvalue weighted by Crippen LogP contribution is -2.61. The summed E-state index contributed by atoms with van der Waals surface area (Å²) in [6, 6.07) is 8.39. The lowest BCUT2D eigenvalue weighted by molar-refractivity contribution is -0.271. The number of anilines is 1. The van der Waals surface area contributed by atoms with Crippen molar-refractivity contribution in [2.75, 3.05) is 66.4 Å². The van der Waals surface area contributed by atoms with Crippen LogP contribution in [0.1, 0.15) is 98.3 Å². The Morgan fingerprint density at radius 1 is 0.761 bits per heavy atom. The molecule has 15 atom stereocenters. The van der Waals surface area contributed by atoms with Gasteiger partial charge < -0.3 is 90.9 Å². The number of nitrogens with two attached hydrogens (primary N) is 1. The number of benzene rings is 2. The molecule has 2 aromatic rings. The molecular weight excluding hydrogens is 1210 g/mol. The monoisotopic (exact) mass is 1300 g/mol. The molecule has 2 aliphatic heterocycles. The van der Waals surface area contributed by atoms with Crippen LogP contribution in [0.5, 0.6) is 5.75 Å². The first kappa shape index (κ1) is 76.8. The maximum atomic E-state index is 14.9. The number of hydrogen-bond donors (Lipinski definition) is 12. The summed E-state index contributed by atoms with van der Waals surface area (Å²) in [7, 11) is 5.80. The number of carboxylic acid groups (broad SMARTS) is 1. The van der Waals surface area contributed by atoms with Crippen LogP contribution in [0.15, 0.2) is 48.5 Å². The number of nitrogens with zero attached hydrogens (tertiary/aromatic N) is 3. The van der Waals surface area contributed by atoms with Crippen LogP contribution in [0.2, 0.25) is 0 Å². The highest BCUT2D eigenvalue weighted by atomic mass is 16.7. The lowest BCUT2D eigenvalue weighted by Gasteiger charge is -2.41. The molecule has 0 saturated carbocycles. The second-order valence-electron chi connectivity index (χ2n) is 23.7. The Morgan fingerprint density at radius 3 is 1.95 bits per heavy atom. The number of carbonyl (C=O) groups excluding carboxylic acids is 9. The van der Waals surface area contributed by atoms with Gasteiger partial charge in [-0.2, -0.15) is 0 Å². The van der Waals surface area contributed by atoms with Gasteiger partial charge in [0.1, 0.15) is 49.4 Å². The Morgan fingerprint density at radius 2 is 1.38 bits per heavy atom. The van der Waals surface area contributed by atoms with E-state index in [0.29, 0.717) is 31.4 Å². The van der Waals surface area contributed by atoms with Gasteiger partial charge in [-0.05, 0) is 61.3 Å². The first-order chi connectivity index (χ1) is 43.4. The van der Waals surface area contributed by atoms with Gasteiger partial charge in [0.25, 0.3) is 0 Å². The number of carboxylic acids is 1. The van der Waals surface area contributed by atoms with Gasteiger partial charge in [0.15, 0.2) is 6.10 Å². The molecule has 2 aliphatic rings. The predicted octanol–water partition coefficient (Wildman–Crippen LogP) is -0.973. The molecule has 31 heteroatoms. The number of aliphatic hydroxyl groups is 4. The summed E-state index contributed by atoms with van der Waals surface area (Å²) in [5.74, 6) is -4.14. The van der Waals surface area contributed by atoms with Gasteiger partial charge in [-0.3, -0.25) is 48.1 Å². The minimum atomic E-state index is -2.06. The number of likely N-dealkylation sites (N-methyl/N-ethyl adjacent to an activating group) is 2. The SMILES string of the molecule is CC[C@H](C)[C@@H]([C@@H](CC(=O)N1CCC[C@H]1[C@H](OC)[C@@H](C)C(=O)N[C@H](C)[C@@H](O)c1ccccc1)OC)N(C)C(=O)[C@@H](NC(=O)[C@H](C(C)C)N(C)C(=O)OCc1cc(NC(=O)CNC(=O)CNC(=O)CNC(=O)CON)ccc1OC1OC(C(=O)O)C(O)C(O)C1O)C(C)C. The molecule has 13 N–H and O–H groups in total. The van der Waals surface area contributed by atoms with Crippen molar-refractivity contribution in [3.63, 3.8) is 0 Å². The Kier molecular flexibility index (Phi) is 30.5. The highest BCUT2D eigenvalue weighted by Gasteiger charge is 2.49. The van der Waals surface area contributed by atoms with Gasteiger partial charge in [0.2, 0.25) is 53.5 Å². The molecule has 514 valence electrons. The number of rotatable bonds is 34. The molecule has 0 spiro atoms. The molecule has 0 aliphatic carbocycles. The molecular formula is C61H94N10O21. The molecule has 2 saturated heterocycles. The Balaban J connectivity index is 1.50. The Bertz CT molecular complexity index is 2820. The van der Waals surface area contributed by atoms with Gasteiger partial charge in [-0.25, -0.2) is 15.5 Å². The van der Waals surface area contributed by atoms with Crippen molar-refractivity contribution < 1.29 is 102 Å². The number of methoxy groups -OCH3 is 2. The van der Waals surface area contributed by atoms with Gasteiger partial charge in [-0.1, -0.05) is 85.2 Å². The molecule has 4 rings (SSSR count). The van der Waals surface area contributed by atoms with Crippen LogP contribution in [0.3, 0.4) is 0 Å². The van der Waals surface area contributed by atoms with Crippen LogP contribution in [-0.4, -0.2) is 234 Å². The minimum absolute atomic E-state index is 0.00915. The van der Waals surface area contributed by atoms with Crippen LogP contribution in [0, 0.1) is 23.7 Å². The summed E-state index contributed by atoms with van der Waals surface area (Å²) in [5, 5.41) is 67.2. The van der Waals surface area contributed by atoms with Crippen molar-refractivity contribution in [1.82, 2.24) is 41.3 Å². The summed E-state index contributed by atoms with van der Waals surface area (Å²) in [6.07, 6.45) is -12.1. The first-order valence-electron chi connectivity index (χ1n) is 30.4. The second-order valence-corrected chi connectivity index (χ2v) is 23.7. The number of carbonyl (C=O) groups is 10. The fourth-order valence-electron chi connectivity index (χ4n) is 11.1. The van der Waals surface area contributed by atoms with E-state index in [0.717, 1.165) is 4.90 Å². The number of nitrogens with one attached hydrogen (secondary N) is 6. The number of aliphatic carboxylic acids is 1. The molecule has 92 heavy (non-hydrogen) atoms. The maximum absolute atomic E-state index is 14.9. The fraction of sp³-hybridized carbons (Fsp3) is 0.639. The van der Waals surface area contributed by atoms with E-state index in [4.69, 9.17) is 29.6 Å². The van der Waals surface area contributed by atoms with E-state index >= 15 is 0 Å². The second kappa shape index (κ2) is 36.6. The van der Waals surface area contributed by atoms with Crippen LogP contribution < -0.4 is 42.5 Å². The Hall–Kier alpha value is -7.62.